The van der Waals surface area contributed by atoms with E-state index in [1.807, 2.05) is 0 Å². The van der Waals surface area contributed by atoms with Gasteiger partial charge in [-0.1, -0.05) is 30.3 Å². The standard InChI is InChI=1S/C14H19N3O3/c15-14(16)17-8-4-7-11(13(19)20)9-12(18)10-5-2-1-3-6-10/h1-3,5-6,11H,4,7-9H2,(H,19,20)(H4,15,16,17)/t11-/m1/s1. The fourth-order valence-electron chi connectivity index (χ4n) is 1.82. The van der Waals surface area contributed by atoms with Crippen molar-refractivity contribution in [3.63, 3.8) is 0 Å². The van der Waals surface area contributed by atoms with E-state index in [1.54, 1.807) is 30.3 Å². The second kappa shape index (κ2) is 7.93. The van der Waals surface area contributed by atoms with Crippen LogP contribution in [0.2, 0.25) is 0 Å². The molecule has 0 saturated heterocycles. The van der Waals surface area contributed by atoms with Crippen LogP contribution in [0.25, 0.3) is 0 Å². The van der Waals surface area contributed by atoms with Gasteiger partial charge in [-0.05, 0) is 12.8 Å². The van der Waals surface area contributed by atoms with Crippen molar-refractivity contribution < 1.29 is 14.7 Å². The van der Waals surface area contributed by atoms with Crippen LogP contribution in [0.3, 0.4) is 0 Å². The smallest absolute Gasteiger partial charge is 0.306 e. The van der Waals surface area contributed by atoms with E-state index >= 15 is 0 Å². The topological polar surface area (TPSA) is 119 Å². The van der Waals surface area contributed by atoms with Gasteiger partial charge in [0, 0.05) is 18.5 Å². The Morgan fingerprint density at radius 1 is 1.20 bits per heavy atom. The van der Waals surface area contributed by atoms with Crippen molar-refractivity contribution in [1.82, 2.24) is 0 Å². The number of hydrogen-bond donors (Lipinski definition) is 3. The molecule has 0 saturated carbocycles. The number of carbonyl (C=O) groups is 2. The van der Waals surface area contributed by atoms with Crippen molar-refractivity contribution >= 4 is 17.7 Å². The number of nitrogens with two attached hydrogens (primary N) is 2. The summed E-state index contributed by atoms with van der Waals surface area (Å²) in [5.74, 6) is -1.87. The molecule has 0 amide bonds. The normalized spacial score (nSPS) is 11.6. The number of rotatable bonds is 8. The minimum atomic E-state index is -0.973. The highest BCUT2D eigenvalue weighted by Gasteiger charge is 2.21. The fraction of sp³-hybridized carbons (Fsp3) is 0.357. The van der Waals surface area contributed by atoms with Gasteiger partial charge in [0.1, 0.15) is 0 Å². The first-order valence-electron chi connectivity index (χ1n) is 6.37. The van der Waals surface area contributed by atoms with Crippen molar-refractivity contribution in [3.8, 4) is 0 Å². The van der Waals surface area contributed by atoms with Crippen molar-refractivity contribution in [2.24, 2.45) is 22.4 Å². The Morgan fingerprint density at radius 2 is 1.85 bits per heavy atom. The summed E-state index contributed by atoms with van der Waals surface area (Å²) in [7, 11) is 0. The summed E-state index contributed by atoms with van der Waals surface area (Å²) >= 11 is 0. The fourth-order valence-corrected chi connectivity index (χ4v) is 1.82. The number of carboxylic acid groups (broad SMARTS) is 1. The number of Topliss-reactive ketones (excluding diaryl/α,β-unsaturated/α-hetero) is 1. The van der Waals surface area contributed by atoms with Crippen LogP contribution in [0.15, 0.2) is 35.3 Å². The Labute approximate surface area is 117 Å². The molecule has 108 valence electrons. The van der Waals surface area contributed by atoms with E-state index in [0.717, 1.165) is 0 Å². The quantitative estimate of drug-likeness (QED) is 0.283. The van der Waals surface area contributed by atoms with Gasteiger partial charge in [-0.2, -0.15) is 0 Å². The molecule has 0 radical (unpaired) electrons. The van der Waals surface area contributed by atoms with E-state index in [2.05, 4.69) is 4.99 Å². The lowest BCUT2D eigenvalue weighted by Gasteiger charge is -2.10. The predicted octanol–water partition coefficient (Wildman–Crippen LogP) is 1.01. The molecule has 6 heteroatoms. The molecule has 0 aliphatic rings. The molecule has 5 N–H and O–H groups in total. The van der Waals surface area contributed by atoms with Crippen molar-refractivity contribution in [2.45, 2.75) is 19.3 Å². The second-order valence-electron chi connectivity index (χ2n) is 4.48. The molecular formula is C14H19N3O3. The zero-order valence-electron chi connectivity index (χ0n) is 11.2. The van der Waals surface area contributed by atoms with Gasteiger partial charge in [0.15, 0.2) is 11.7 Å². The summed E-state index contributed by atoms with van der Waals surface area (Å²) < 4.78 is 0. The summed E-state index contributed by atoms with van der Waals surface area (Å²) in [6.07, 6.45) is 0.878. The highest BCUT2D eigenvalue weighted by atomic mass is 16.4. The molecule has 1 aromatic carbocycles. The zero-order valence-corrected chi connectivity index (χ0v) is 11.2. The van der Waals surface area contributed by atoms with E-state index < -0.39 is 11.9 Å². The average Bonchev–Trinajstić information content (AvgIpc) is 2.42. The molecule has 0 aliphatic carbocycles. The zero-order chi connectivity index (χ0) is 15.0. The van der Waals surface area contributed by atoms with Gasteiger partial charge in [0.05, 0.1) is 5.92 Å². The minimum Gasteiger partial charge on any atom is -0.481 e. The summed E-state index contributed by atoms with van der Waals surface area (Å²) in [6.45, 7) is 0.367. The van der Waals surface area contributed by atoms with E-state index in [9.17, 15) is 9.59 Å². The number of carboxylic acids is 1. The lowest BCUT2D eigenvalue weighted by atomic mass is 9.94. The second-order valence-corrected chi connectivity index (χ2v) is 4.48. The number of hydrogen-bond acceptors (Lipinski definition) is 3. The summed E-state index contributed by atoms with van der Waals surface area (Å²) in [5, 5.41) is 9.14. The molecule has 20 heavy (non-hydrogen) atoms. The Hall–Kier alpha value is -2.37. The van der Waals surface area contributed by atoms with Gasteiger partial charge in [-0.3, -0.25) is 14.6 Å². The molecular weight excluding hydrogens is 258 g/mol. The molecule has 0 aromatic heterocycles. The third-order valence-corrected chi connectivity index (χ3v) is 2.88. The van der Waals surface area contributed by atoms with Crippen LogP contribution in [-0.4, -0.2) is 29.4 Å². The van der Waals surface area contributed by atoms with E-state index in [1.165, 1.54) is 0 Å². The highest BCUT2D eigenvalue weighted by Crippen LogP contribution is 2.16. The Balaban J connectivity index is 2.53. The summed E-state index contributed by atoms with van der Waals surface area (Å²) in [5.41, 5.74) is 10.9. The van der Waals surface area contributed by atoms with Gasteiger partial charge in [-0.15, -0.1) is 0 Å². The molecule has 0 bridgehead atoms. The van der Waals surface area contributed by atoms with Gasteiger partial charge in [-0.25, -0.2) is 0 Å². The number of ketones is 1. The molecule has 6 nitrogen and oxygen atoms in total. The monoisotopic (exact) mass is 277 g/mol. The first kappa shape index (κ1) is 15.7. The molecule has 1 rings (SSSR count). The van der Waals surface area contributed by atoms with Crippen LogP contribution in [0.1, 0.15) is 29.6 Å². The Bertz CT molecular complexity index is 482. The molecule has 1 aromatic rings. The van der Waals surface area contributed by atoms with Gasteiger partial charge >= 0.3 is 5.97 Å². The first-order chi connectivity index (χ1) is 9.50. The molecule has 0 spiro atoms. The molecule has 0 aliphatic heterocycles. The number of guanidine groups is 1. The molecule has 0 heterocycles. The van der Waals surface area contributed by atoms with Crippen LogP contribution in [-0.2, 0) is 4.79 Å². The van der Waals surface area contributed by atoms with Crippen molar-refractivity contribution in [1.29, 1.82) is 0 Å². The predicted molar refractivity (Wildman–Crippen MR) is 76.4 cm³/mol. The van der Waals surface area contributed by atoms with Crippen LogP contribution in [0, 0.1) is 5.92 Å². The number of aliphatic carboxylic acids is 1. The number of nitrogens with zero attached hydrogens (tertiary/aromatic N) is 1. The van der Waals surface area contributed by atoms with Crippen LogP contribution < -0.4 is 11.5 Å². The summed E-state index contributed by atoms with van der Waals surface area (Å²) in [4.78, 5) is 26.9. The Kier molecular flexibility index (Phi) is 6.22. The van der Waals surface area contributed by atoms with E-state index in [4.69, 9.17) is 16.6 Å². The van der Waals surface area contributed by atoms with Gasteiger partial charge in [0.25, 0.3) is 0 Å². The molecule has 0 unspecified atom stereocenters. The van der Waals surface area contributed by atoms with E-state index in [-0.39, 0.29) is 18.2 Å². The lowest BCUT2D eigenvalue weighted by Crippen LogP contribution is -2.23. The van der Waals surface area contributed by atoms with Crippen LogP contribution >= 0.6 is 0 Å². The maximum Gasteiger partial charge on any atom is 0.306 e. The third kappa shape index (κ3) is 5.51. The first-order valence-corrected chi connectivity index (χ1v) is 6.37. The van der Waals surface area contributed by atoms with Crippen molar-refractivity contribution in [2.75, 3.05) is 6.54 Å². The maximum atomic E-state index is 12.0. The molecule has 0 fully saturated rings. The number of aliphatic imine (C=N–C) groups is 1. The van der Waals surface area contributed by atoms with Crippen LogP contribution in [0.4, 0.5) is 0 Å². The van der Waals surface area contributed by atoms with E-state index in [0.29, 0.717) is 24.9 Å². The SMILES string of the molecule is NC(N)=NCCC[C@H](CC(=O)c1ccccc1)C(=O)O. The van der Waals surface area contributed by atoms with Crippen LogP contribution in [0.5, 0.6) is 0 Å². The van der Waals surface area contributed by atoms with Gasteiger partial charge in [0.2, 0.25) is 0 Å². The largest absolute Gasteiger partial charge is 0.481 e. The highest BCUT2D eigenvalue weighted by molar-refractivity contribution is 5.97. The maximum absolute atomic E-state index is 12.0. The average molecular weight is 277 g/mol. The third-order valence-electron chi connectivity index (χ3n) is 2.88. The van der Waals surface area contributed by atoms with Gasteiger partial charge < -0.3 is 16.6 Å². The molecule has 1 atom stereocenters. The lowest BCUT2D eigenvalue weighted by molar-refractivity contribution is -0.141. The summed E-state index contributed by atoms with van der Waals surface area (Å²) in [6, 6.07) is 8.67. The van der Waals surface area contributed by atoms with Crippen molar-refractivity contribution in [3.05, 3.63) is 35.9 Å². The minimum absolute atomic E-state index is 0.0127. The number of benzene rings is 1. The Morgan fingerprint density at radius 3 is 2.40 bits per heavy atom. The number of carbonyl (C=O) groups excluding carboxylic acids is 1.